The molecule has 1 saturated heterocycles. The Hall–Kier alpha value is -3.29. The fourth-order valence-electron chi connectivity index (χ4n) is 4.27. The maximum atomic E-state index is 13.6. The summed E-state index contributed by atoms with van der Waals surface area (Å²) in [7, 11) is 4.35. The molecule has 1 aromatic carbocycles. The molecule has 2 heterocycles. The molecule has 0 saturated carbocycles. The lowest BCUT2D eigenvalue weighted by Gasteiger charge is -2.35. The molecule has 3 rings (SSSR count). The minimum atomic E-state index is -1.01. The fraction of sp³-hybridized carbons (Fsp3) is 0.464. The summed E-state index contributed by atoms with van der Waals surface area (Å²) < 4.78 is 4.82. The minimum absolute atomic E-state index is 0.0374. The number of ether oxygens (including phenoxy) is 1. The molecule has 5 N–H and O–H groups in total. The van der Waals surface area contributed by atoms with E-state index in [-0.39, 0.29) is 30.4 Å². The molecule has 13 heteroatoms. The van der Waals surface area contributed by atoms with E-state index in [1.807, 2.05) is 38.2 Å². The van der Waals surface area contributed by atoms with E-state index in [0.717, 1.165) is 5.03 Å². The number of methoxy groups -OCH3 is 1. The van der Waals surface area contributed by atoms with Crippen molar-refractivity contribution in [2.75, 3.05) is 19.4 Å². The van der Waals surface area contributed by atoms with Gasteiger partial charge < -0.3 is 20.5 Å². The smallest absolute Gasteiger partial charge is 0.324 e. The first-order chi connectivity index (χ1) is 19.7. The van der Waals surface area contributed by atoms with Crippen LogP contribution in [0, 0.1) is 5.92 Å². The third kappa shape index (κ3) is 10.2. The lowest BCUT2D eigenvalue weighted by molar-refractivity contribution is -0.426. The molecule has 1 fully saturated rings. The van der Waals surface area contributed by atoms with Crippen LogP contribution in [0.25, 0.3) is 0 Å². The van der Waals surface area contributed by atoms with Crippen molar-refractivity contribution in [2.24, 2.45) is 5.92 Å². The monoisotopic (exact) mass is 604 g/mol. The number of H-pyrrole nitrogens is 1. The fourth-order valence-corrected chi connectivity index (χ4v) is 6.20. The van der Waals surface area contributed by atoms with Crippen LogP contribution in [0.4, 0.5) is 0 Å². The Kier molecular flexibility index (Phi) is 12.8. The van der Waals surface area contributed by atoms with E-state index < -0.39 is 35.9 Å². The molecule has 11 nitrogen and oxygen atoms in total. The van der Waals surface area contributed by atoms with Gasteiger partial charge in [0.25, 0.3) is 5.91 Å². The van der Waals surface area contributed by atoms with Crippen LogP contribution >= 0.6 is 21.6 Å². The van der Waals surface area contributed by atoms with Gasteiger partial charge in [-0.2, -0.15) is 0 Å². The standard InChI is InChI=1S/C28H37N5O6S2/c1-18(2)25(31-23(35)12-15-40-41-24-11-4-5-13-29-24)26(36)30-22(17-19-8-6-9-20(34)16-19)27(37)33-14-7-10-21(32-33)28(38)39-3/h4-6,8-9,11,13,16,18,21-22,25,32,34H,7,10,12,14-15,17H2,1-3H3,(H,30,36)(H,31,35)/p+1/t21-,22-,25-/m0/s1. The van der Waals surface area contributed by atoms with Gasteiger partial charge in [0.1, 0.15) is 23.9 Å². The van der Waals surface area contributed by atoms with Crippen LogP contribution in [0.2, 0.25) is 0 Å². The van der Waals surface area contributed by atoms with Gasteiger partial charge in [-0.15, -0.1) is 0 Å². The third-order valence-electron chi connectivity index (χ3n) is 6.41. The molecule has 222 valence electrons. The number of hydrazine groups is 1. The number of esters is 1. The molecule has 1 aromatic heterocycles. The minimum Gasteiger partial charge on any atom is -0.508 e. The number of carbonyl (C=O) groups excluding carboxylic acids is 4. The zero-order valence-electron chi connectivity index (χ0n) is 23.4. The van der Waals surface area contributed by atoms with E-state index in [0.29, 0.717) is 30.7 Å². The number of phenolic OH excluding ortho intramolecular Hbond substituents is 1. The van der Waals surface area contributed by atoms with Crippen molar-refractivity contribution in [3.8, 4) is 5.75 Å². The summed E-state index contributed by atoms with van der Waals surface area (Å²) in [4.78, 5) is 55.0. The molecule has 3 atom stereocenters. The zero-order valence-corrected chi connectivity index (χ0v) is 25.1. The third-order valence-corrected chi connectivity index (χ3v) is 8.72. The number of phenols is 1. The van der Waals surface area contributed by atoms with E-state index in [2.05, 4.69) is 21.0 Å². The highest BCUT2D eigenvalue weighted by Crippen LogP contribution is 2.27. The Labute approximate surface area is 247 Å². The highest BCUT2D eigenvalue weighted by molar-refractivity contribution is 8.76. The summed E-state index contributed by atoms with van der Waals surface area (Å²) in [6.07, 6.45) is 3.25. The number of carbonyl (C=O) groups is 4. The van der Waals surface area contributed by atoms with Crippen LogP contribution in [-0.4, -0.2) is 71.3 Å². The SMILES string of the molecule is COC(=O)[C@@H]1CCCN(C(=O)[C@H](Cc2cccc(O)c2)NC(=O)[C@@H](NC(=O)CCSSc2cccc[nH+]2)C(C)C)N1. The number of nitrogens with one attached hydrogen (secondary N) is 4. The first-order valence-electron chi connectivity index (χ1n) is 13.5. The second-order valence-electron chi connectivity index (χ2n) is 9.94. The van der Waals surface area contributed by atoms with Crippen molar-refractivity contribution in [3.63, 3.8) is 0 Å². The molecule has 0 unspecified atom stereocenters. The van der Waals surface area contributed by atoms with Gasteiger partial charge in [0.15, 0.2) is 6.20 Å². The summed E-state index contributed by atoms with van der Waals surface area (Å²) >= 11 is 0. The molecule has 1 aliphatic rings. The number of aromatic amines is 1. The average molecular weight is 605 g/mol. The van der Waals surface area contributed by atoms with Crippen LogP contribution in [0.5, 0.6) is 5.75 Å². The quantitative estimate of drug-likeness (QED) is 0.153. The van der Waals surface area contributed by atoms with Crippen LogP contribution < -0.4 is 21.0 Å². The van der Waals surface area contributed by atoms with E-state index >= 15 is 0 Å². The van der Waals surface area contributed by atoms with Crippen molar-refractivity contribution < 1.29 is 34.0 Å². The summed E-state index contributed by atoms with van der Waals surface area (Å²) in [6, 6.07) is 9.66. The van der Waals surface area contributed by atoms with Crippen molar-refractivity contribution in [3.05, 3.63) is 54.2 Å². The maximum Gasteiger partial charge on any atom is 0.324 e. The molecule has 2 aromatic rings. The topological polar surface area (TPSA) is 151 Å². The number of nitrogens with zero attached hydrogens (tertiary/aromatic N) is 1. The van der Waals surface area contributed by atoms with Gasteiger partial charge in [-0.1, -0.05) is 36.8 Å². The molecular weight excluding hydrogens is 566 g/mol. The number of aromatic hydroxyl groups is 1. The number of rotatable bonds is 13. The van der Waals surface area contributed by atoms with E-state index in [1.165, 1.54) is 45.8 Å². The lowest BCUT2D eigenvalue weighted by atomic mass is 10.00. The number of benzene rings is 1. The number of amides is 3. The van der Waals surface area contributed by atoms with E-state index in [1.54, 1.807) is 12.1 Å². The van der Waals surface area contributed by atoms with Crippen molar-refractivity contribution in [2.45, 2.75) is 62.7 Å². The summed E-state index contributed by atoms with van der Waals surface area (Å²) in [5.74, 6) is -1.32. The van der Waals surface area contributed by atoms with E-state index in [9.17, 15) is 24.3 Å². The second-order valence-corrected chi connectivity index (χ2v) is 12.4. The van der Waals surface area contributed by atoms with Crippen LogP contribution in [0.1, 0.15) is 38.7 Å². The van der Waals surface area contributed by atoms with Gasteiger partial charge in [0, 0.05) is 48.1 Å². The molecule has 41 heavy (non-hydrogen) atoms. The maximum absolute atomic E-state index is 13.6. The first kappa shape index (κ1) is 32.2. The zero-order chi connectivity index (χ0) is 29.8. The highest BCUT2D eigenvalue weighted by atomic mass is 33.1. The summed E-state index contributed by atoms with van der Waals surface area (Å²) in [5, 5.41) is 17.9. The first-order valence-corrected chi connectivity index (χ1v) is 15.8. The Balaban J connectivity index is 1.66. The molecular formula is C28H38N5O6S2+. The molecule has 0 aliphatic carbocycles. The number of pyridine rings is 1. The highest BCUT2D eigenvalue weighted by Gasteiger charge is 2.34. The Bertz CT molecular complexity index is 1190. The van der Waals surface area contributed by atoms with Gasteiger partial charge in [0.2, 0.25) is 16.8 Å². The molecule has 0 spiro atoms. The number of hydrogen-bond donors (Lipinski definition) is 4. The summed E-state index contributed by atoms with van der Waals surface area (Å²) in [5.41, 5.74) is 3.55. The average Bonchev–Trinajstić information content (AvgIpc) is 2.97. The van der Waals surface area contributed by atoms with Crippen LogP contribution in [0.15, 0.2) is 53.7 Å². The van der Waals surface area contributed by atoms with Crippen molar-refractivity contribution in [1.82, 2.24) is 21.1 Å². The predicted molar refractivity (Wildman–Crippen MR) is 156 cm³/mol. The van der Waals surface area contributed by atoms with Crippen LogP contribution in [-0.2, 0) is 30.3 Å². The van der Waals surface area contributed by atoms with Crippen molar-refractivity contribution >= 4 is 45.3 Å². The Morgan fingerprint density at radius 2 is 1.98 bits per heavy atom. The number of aromatic nitrogens is 1. The molecule has 0 radical (unpaired) electrons. The van der Waals surface area contributed by atoms with Gasteiger partial charge in [-0.3, -0.25) is 24.2 Å². The number of hydrogen-bond acceptors (Lipinski definition) is 9. The molecule has 1 aliphatic heterocycles. The molecule has 3 amide bonds. The Morgan fingerprint density at radius 3 is 2.66 bits per heavy atom. The van der Waals surface area contributed by atoms with Gasteiger partial charge in [-0.25, -0.2) is 10.4 Å². The second kappa shape index (κ2) is 16.2. The van der Waals surface area contributed by atoms with Gasteiger partial charge in [0.05, 0.1) is 7.11 Å². The van der Waals surface area contributed by atoms with E-state index in [4.69, 9.17) is 4.74 Å². The Morgan fingerprint density at radius 1 is 1.17 bits per heavy atom. The summed E-state index contributed by atoms with van der Waals surface area (Å²) in [6.45, 7) is 3.98. The molecule has 0 bridgehead atoms. The van der Waals surface area contributed by atoms with Crippen LogP contribution in [0.3, 0.4) is 0 Å². The predicted octanol–water partition coefficient (Wildman–Crippen LogP) is 1.87. The van der Waals surface area contributed by atoms with Gasteiger partial charge in [-0.05, 0) is 42.5 Å². The lowest BCUT2D eigenvalue weighted by Crippen LogP contribution is -2.62. The normalized spacial score (nSPS) is 16.5. The largest absolute Gasteiger partial charge is 0.508 e. The van der Waals surface area contributed by atoms with Crippen molar-refractivity contribution in [1.29, 1.82) is 0 Å². The van der Waals surface area contributed by atoms with Gasteiger partial charge >= 0.3 is 5.97 Å².